The molecule has 1 amide bonds. The summed E-state index contributed by atoms with van der Waals surface area (Å²) < 4.78 is 26.8. The molecule has 6 rings (SSSR count). The first-order valence-electron chi connectivity index (χ1n) is 15.5. The van der Waals surface area contributed by atoms with Gasteiger partial charge in [0, 0.05) is 12.3 Å². The number of amides is 1. The Bertz CT molecular complexity index is 1450. The normalized spacial score (nSPS) is 25.6. The number of fused-ring (bicyclic) bond motifs is 1. The van der Waals surface area contributed by atoms with E-state index in [0.29, 0.717) is 33.0 Å². The molecule has 228 valence electrons. The van der Waals surface area contributed by atoms with Crippen molar-refractivity contribution in [3.05, 3.63) is 144 Å². The average molecular weight is 592 g/mol. The molecule has 2 aliphatic carbocycles. The van der Waals surface area contributed by atoms with Crippen molar-refractivity contribution in [1.29, 1.82) is 0 Å². The Labute approximate surface area is 260 Å². The van der Waals surface area contributed by atoms with Gasteiger partial charge in [0.15, 0.2) is 0 Å². The van der Waals surface area contributed by atoms with Gasteiger partial charge < -0.3 is 24.3 Å². The molecular weight excluding hydrogens is 550 g/mol. The van der Waals surface area contributed by atoms with Gasteiger partial charge in [0.25, 0.3) is 0 Å². The molecule has 0 spiro atoms. The maximum absolute atomic E-state index is 12.6. The van der Waals surface area contributed by atoms with E-state index >= 15 is 0 Å². The summed E-state index contributed by atoms with van der Waals surface area (Å²) in [5.74, 6) is 0.0417. The molecule has 6 nitrogen and oxygen atoms in total. The highest BCUT2D eigenvalue weighted by atomic mass is 16.6. The van der Waals surface area contributed by atoms with E-state index in [1.165, 1.54) is 0 Å². The molecule has 2 aliphatic rings. The molecule has 2 saturated carbocycles. The lowest BCUT2D eigenvalue weighted by atomic mass is 9.78. The van der Waals surface area contributed by atoms with Gasteiger partial charge >= 0.3 is 0 Å². The average Bonchev–Trinajstić information content (AvgIpc) is 3.80. The van der Waals surface area contributed by atoms with Crippen LogP contribution in [0.5, 0.6) is 0 Å². The fraction of sp³-hybridized carbons (Fsp3) is 0.342. The number of ether oxygens (including phenoxy) is 4. The second-order valence-electron chi connectivity index (χ2n) is 12.0. The largest absolute Gasteiger partial charge is 0.376 e. The minimum Gasteiger partial charge on any atom is -0.376 e. The van der Waals surface area contributed by atoms with E-state index in [1.807, 2.05) is 72.8 Å². The third-order valence-corrected chi connectivity index (χ3v) is 8.85. The molecule has 0 saturated heterocycles. The lowest BCUT2D eigenvalue weighted by molar-refractivity contribution is -0.207. The van der Waals surface area contributed by atoms with Gasteiger partial charge in [0.2, 0.25) is 5.91 Å². The Morgan fingerprint density at radius 2 is 1.07 bits per heavy atom. The highest BCUT2D eigenvalue weighted by molar-refractivity contribution is 5.73. The standard InChI is InChI=1S/C38H41NO5/c1-28(40)39-34-33-22-38(33,27-41-23-29-14-6-2-7-15-29)37(44-26-32-20-12-5-13-21-32)36(43-25-31-18-10-4-11-19-31)35(34)42-24-30-16-8-3-9-17-30/h2-21,33-37H,22-27H2,1H3,(H,39,40)/t33?,34-,35-,36+,37+,38?/m0/s1. The van der Waals surface area contributed by atoms with Crippen molar-refractivity contribution in [3.8, 4) is 0 Å². The van der Waals surface area contributed by atoms with Crippen molar-refractivity contribution in [1.82, 2.24) is 5.32 Å². The van der Waals surface area contributed by atoms with Gasteiger partial charge in [-0.2, -0.15) is 0 Å². The van der Waals surface area contributed by atoms with Gasteiger partial charge in [-0.05, 0) is 34.6 Å². The fourth-order valence-electron chi connectivity index (χ4n) is 6.63. The molecule has 44 heavy (non-hydrogen) atoms. The summed E-state index contributed by atoms with van der Waals surface area (Å²) >= 11 is 0. The quantitative estimate of drug-likeness (QED) is 0.182. The van der Waals surface area contributed by atoms with Crippen LogP contribution in [0.2, 0.25) is 0 Å². The summed E-state index contributed by atoms with van der Waals surface area (Å²) in [7, 11) is 0. The highest BCUT2D eigenvalue weighted by Gasteiger charge is 2.71. The predicted octanol–water partition coefficient (Wildman–Crippen LogP) is 6.48. The monoisotopic (exact) mass is 591 g/mol. The smallest absolute Gasteiger partial charge is 0.217 e. The molecule has 0 bridgehead atoms. The van der Waals surface area contributed by atoms with Crippen molar-refractivity contribution in [2.45, 2.75) is 64.1 Å². The molecule has 0 heterocycles. The SMILES string of the molecule is CC(=O)N[C@H]1C2CC2(COCc2ccccc2)[C@H](OCc2ccccc2)[C@H](OCc2ccccc2)[C@H]1OCc1ccccc1. The summed E-state index contributed by atoms with van der Waals surface area (Å²) in [5, 5.41) is 3.26. The Morgan fingerprint density at radius 1 is 0.636 bits per heavy atom. The van der Waals surface area contributed by atoms with Gasteiger partial charge in [-0.15, -0.1) is 0 Å². The van der Waals surface area contributed by atoms with Gasteiger partial charge in [-0.3, -0.25) is 4.79 Å². The molecule has 2 fully saturated rings. The van der Waals surface area contributed by atoms with Crippen LogP contribution in [0.1, 0.15) is 35.6 Å². The second kappa shape index (κ2) is 14.3. The van der Waals surface area contributed by atoms with Crippen LogP contribution in [0, 0.1) is 11.3 Å². The lowest BCUT2D eigenvalue weighted by Gasteiger charge is -2.46. The van der Waals surface area contributed by atoms with Crippen LogP contribution < -0.4 is 5.32 Å². The molecule has 0 aromatic heterocycles. The molecule has 0 aliphatic heterocycles. The minimum absolute atomic E-state index is 0.0835. The Balaban J connectivity index is 1.32. The zero-order valence-electron chi connectivity index (χ0n) is 25.2. The van der Waals surface area contributed by atoms with E-state index in [1.54, 1.807) is 6.92 Å². The molecule has 6 heteroatoms. The van der Waals surface area contributed by atoms with Crippen LogP contribution in [0.15, 0.2) is 121 Å². The van der Waals surface area contributed by atoms with E-state index in [0.717, 1.165) is 28.7 Å². The number of hydrogen-bond donors (Lipinski definition) is 1. The first kappa shape index (κ1) is 30.2. The van der Waals surface area contributed by atoms with Crippen LogP contribution in [-0.4, -0.2) is 36.9 Å². The zero-order chi connectivity index (χ0) is 30.2. The molecular formula is C38H41NO5. The molecule has 4 aromatic carbocycles. The third-order valence-electron chi connectivity index (χ3n) is 8.85. The molecule has 0 radical (unpaired) electrons. The Kier molecular flexibility index (Phi) is 9.83. The molecule has 2 unspecified atom stereocenters. The van der Waals surface area contributed by atoms with Gasteiger partial charge in [-0.25, -0.2) is 0 Å². The highest BCUT2D eigenvalue weighted by Crippen LogP contribution is 2.63. The maximum atomic E-state index is 12.6. The Morgan fingerprint density at radius 3 is 1.55 bits per heavy atom. The van der Waals surface area contributed by atoms with Crippen LogP contribution in [0.25, 0.3) is 0 Å². The number of rotatable bonds is 14. The van der Waals surface area contributed by atoms with E-state index in [2.05, 4.69) is 53.8 Å². The van der Waals surface area contributed by atoms with Crippen molar-refractivity contribution in [3.63, 3.8) is 0 Å². The predicted molar refractivity (Wildman–Crippen MR) is 169 cm³/mol. The second-order valence-corrected chi connectivity index (χ2v) is 12.0. The van der Waals surface area contributed by atoms with Crippen LogP contribution >= 0.6 is 0 Å². The van der Waals surface area contributed by atoms with Crippen molar-refractivity contribution >= 4 is 5.91 Å². The number of nitrogens with one attached hydrogen (secondary N) is 1. The zero-order valence-corrected chi connectivity index (χ0v) is 25.2. The van der Waals surface area contributed by atoms with Gasteiger partial charge in [-0.1, -0.05) is 121 Å². The topological polar surface area (TPSA) is 66.0 Å². The summed E-state index contributed by atoms with van der Waals surface area (Å²) in [6.07, 6.45) is -0.322. The first-order valence-corrected chi connectivity index (χ1v) is 15.5. The first-order chi connectivity index (χ1) is 21.6. The lowest BCUT2D eigenvalue weighted by Crippen LogP contribution is -2.62. The van der Waals surface area contributed by atoms with Crippen LogP contribution in [-0.2, 0) is 50.2 Å². The maximum Gasteiger partial charge on any atom is 0.217 e. The summed E-state index contributed by atoms with van der Waals surface area (Å²) in [6.45, 7) is 3.83. The number of hydrogen-bond acceptors (Lipinski definition) is 5. The molecule has 1 N–H and O–H groups in total. The van der Waals surface area contributed by atoms with Crippen molar-refractivity contribution in [2.75, 3.05) is 6.61 Å². The minimum atomic E-state index is -0.446. The van der Waals surface area contributed by atoms with Gasteiger partial charge in [0.05, 0.1) is 45.2 Å². The van der Waals surface area contributed by atoms with E-state index in [4.69, 9.17) is 18.9 Å². The van der Waals surface area contributed by atoms with E-state index in [-0.39, 0.29) is 29.4 Å². The summed E-state index contributed by atoms with van der Waals surface area (Å²) in [5.41, 5.74) is 4.02. The van der Waals surface area contributed by atoms with E-state index in [9.17, 15) is 4.79 Å². The number of benzene rings is 4. The van der Waals surface area contributed by atoms with Gasteiger partial charge in [0.1, 0.15) is 12.2 Å². The van der Waals surface area contributed by atoms with Crippen molar-refractivity contribution < 1.29 is 23.7 Å². The Hall–Kier alpha value is -3.81. The summed E-state index contributed by atoms with van der Waals surface area (Å²) in [4.78, 5) is 12.6. The summed E-state index contributed by atoms with van der Waals surface area (Å²) in [6, 6.07) is 40.5. The third kappa shape index (κ3) is 7.28. The molecule has 6 atom stereocenters. The number of carbonyl (C=O) groups is 1. The molecule has 4 aromatic rings. The number of carbonyl (C=O) groups excluding carboxylic acids is 1. The van der Waals surface area contributed by atoms with Crippen molar-refractivity contribution in [2.24, 2.45) is 11.3 Å². The fourth-order valence-corrected chi connectivity index (χ4v) is 6.63. The van der Waals surface area contributed by atoms with E-state index < -0.39 is 12.2 Å². The van der Waals surface area contributed by atoms with Crippen LogP contribution in [0.3, 0.4) is 0 Å². The van der Waals surface area contributed by atoms with Crippen LogP contribution in [0.4, 0.5) is 0 Å².